The molecule has 0 atom stereocenters. The fraction of sp³-hybridized carbons (Fsp3) is 0.444. The van der Waals surface area contributed by atoms with Gasteiger partial charge in [-0.05, 0) is 25.0 Å². The molecule has 0 aliphatic carbocycles. The first-order chi connectivity index (χ1) is 12.7. The standard InChI is InChI=1S/C18H21N5O3/c24-17(9-11-22-13-6-3-4-7-14(13)26-18(22)25)19-12-16-21-20-15-8-2-1-5-10-23(15)16/h3-4,6-7H,1-2,5,8-12H2,(H,19,24). The topological polar surface area (TPSA) is 94.9 Å². The average molecular weight is 355 g/mol. The normalized spacial score (nSPS) is 14.2. The van der Waals surface area contributed by atoms with Crippen LogP contribution in [0, 0.1) is 0 Å². The molecule has 0 unspecified atom stereocenters. The molecule has 0 bridgehead atoms. The van der Waals surface area contributed by atoms with Crippen molar-refractivity contribution in [2.45, 2.75) is 51.7 Å². The molecule has 8 heteroatoms. The van der Waals surface area contributed by atoms with Gasteiger partial charge in [-0.15, -0.1) is 10.2 Å². The lowest BCUT2D eigenvalue weighted by molar-refractivity contribution is -0.121. The number of carbonyl (C=O) groups is 1. The maximum atomic E-state index is 12.2. The number of benzene rings is 1. The van der Waals surface area contributed by atoms with Gasteiger partial charge < -0.3 is 14.3 Å². The Labute approximate surface area is 149 Å². The Morgan fingerprint density at radius 1 is 1.19 bits per heavy atom. The van der Waals surface area contributed by atoms with Gasteiger partial charge in [0.15, 0.2) is 11.4 Å². The summed E-state index contributed by atoms with van der Waals surface area (Å²) >= 11 is 0. The SMILES string of the molecule is O=C(CCn1c(=O)oc2ccccc21)NCc1nnc2n1CCCCC2. The number of rotatable bonds is 5. The van der Waals surface area contributed by atoms with E-state index in [2.05, 4.69) is 20.1 Å². The highest BCUT2D eigenvalue weighted by Gasteiger charge is 2.15. The molecule has 1 aliphatic rings. The summed E-state index contributed by atoms with van der Waals surface area (Å²) in [5.74, 6) is 1.22. The maximum Gasteiger partial charge on any atom is 0.419 e. The number of oxazole rings is 1. The molecule has 0 spiro atoms. The molecule has 1 N–H and O–H groups in total. The Kier molecular flexibility index (Phi) is 4.55. The number of nitrogens with zero attached hydrogens (tertiary/aromatic N) is 4. The lowest BCUT2D eigenvalue weighted by Gasteiger charge is -2.08. The zero-order valence-electron chi connectivity index (χ0n) is 14.5. The molecular formula is C18H21N5O3. The van der Waals surface area contributed by atoms with Crippen LogP contribution in [0.5, 0.6) is 0 Å². The summed E-state index contributed by atoms with van der Waals surface area (Å²) in [6.07, 6.45) is 4.59. The number of para-hydroxylation sites is 2. The fourth-order valence-corrected chi connectivity index (χ4v) is 3.38. The van der Waals surface area contributed by atoms with E-state index < -0.39 is 5.76 Å². The Hall–Kier alpha value is -2.90. The zero-order chi connectivity index (χ0) is 17.9. The van der Waals surface area contributed by atoms with Crippen molar-refractivity contribution >= 4 is 17.0 Å². The van der Waals surface area contributed by atoms with Gasteiger partial charge in [0, 0.05) is 25.9 Å². The summed E-state index contributed by atoms with van der Waals surface area (Å²) in [7, 11) is 0. The summed E-state index contributed by atoms with van der Waals surface area (Å²) in [6.45, 7) is 1.54. The van der Waals surface area contributed by atoms with Gasteiger partial charge in [-0.3, -0.25) is 9.36 Å². The molecule has 1 aliphatic heterocycles. The minimum atomic E-state index is -0.443. The van der Waals surface area contributed by atoms with E-state index in [0.717, 1.165) is 37.5 Å². The minimum absolute atomic E-state index is 0.131. The zero-order valence-corrected chi connectivity index (χ0v) is 14.5. The molecule has 0 saturated heterocycles. The number of carbonyl (C=O) groups excluding carboxylic acids is 1. The summed E-state index contributed by atoms with van der Waals surface area (Å²) in [4.78, 5) is 24.1. The molecule has 0 fully saturated rings. The van der Waals surface area contributed by atoms with Crippen molar-refractivity contribution in [3.05, 3.63) is 46.5 Å². The number of hydrogen-bond donors (Lipinski definition) is 1. The molecule has 2 aromatic heterocycles. The third-order valence-corrected chi connectivity index (χ3v) is 4.77. The quantitative estimate of drug-likeness (QED) is 0.750. The number of aryl methyl sites for hydroxylation is 2. The Morgan fingerprint density at radius 3 is 3.00 bits per heavy atom. The van der Waals surface area contributed by atoms with Crippen LogP contribution >= 0.6 is 0 Å². The highest BCUT2D eigenvalue weighted by atomic mass is 16.4. The van der Waals surface area contributed by atoms with Crippen LogP contribution in [0.2, 0.25) is 0 Å². The molecule has 8 nitrogen and oxygen atoms in total. The number of amides is 1. The van der Waals surface area contributed by atoms with Crippen molar-refractivity contribution < 1.29 is 9.21 Å². The van der Waals surface area contributed by atoms with Crippen molar-refractivity contribution in [3.8, 4) is 0 Å². The highest BCUT2D eigenvalue weighted by molar-refractivity contribution is 5.76. The molecule has 136 valence electrons. The van der Waals surface area contributed by atoms with E-state index >= 15 is 0 Å². The largest absolute Gasteiger partial charge is 0.419 e. The van der Waals surface area contributed by atoms with E-state index in [1.165, 1.54) is 11.0 Å². The van der Waals surface area contributed by atoms with Crippen molar-refractivity contribution in [1.82, 2.24) is 24.6 Å². The fourth-order valence-electron chi connectivity index (χ4n) is 3.38. The van der Waals surface area contributed by atoms with Gasteiger partial charge in [0.2, 0.25) is 5.91 Å². The third-order valence-electron chi connectivity index (χ3n) is 4.77. The van der Waals surface area contributed by atoms with E-state index in [-0.39, 0.29) is 18.9 Å². The first kappa shape index (κ1) is 16.6. The van der Waals surface area contributed by atoms with Crippen molar-refractivity contribution in [3.63, 3.8) is 0 Å². The van der Waals surface area contributed by atoms with E-state index in [9.17, 15) is 9.59 Å². The second-order valence-electron chi connectivity index (χ2n) is 6.51. The third kappa shape index (κ3) is 3.26. The monoisotopic (exact) mass is 355 g/mol. The van der Waals surface area contributed by atoms with Crippen LogP contribution in [-0.4, -0.2) is 25.2 Å². The molecular weight excluding hydrogens is 334 g/mol. The summed E-state index contributed by atoms with van der Waals surface area (Å²) in [5, 5.41) is 11.3. The van der Waals surface area contributed by atoms with E-state index in [4.69, 9.17) is 4.42 Å². The van der Waals surface area contributed by atoms with Gasteiger partial charge in [-0.2, -0.15) is 0 Å². The van der Waals surface area contributed by atoms with Crippen LogP contribution in [0.15, 0.2) is 33.5 Å². The smallest absolute Gasteiger partial charge is 0.408 e. The Bertz CT molecular complexity index is 984. The minimum Gasteiger partial charge on any atom is -0.408 e. The number of nitrogens with one attached hydrogen (secondary N) is 1. The van der Waals surface area contributed by atoms with Gasteiger partial charge in [0.25, 0.3) is 0 Å². The van der Waals surface area contributed by atoms with E-state index in [1.807, 2.05) is 18.2 Å². The average Bonchev–Trinajstić information content (AvgIpc) is 3.08. The second kappa shape index (κ2) is 7.15. The number of fused-ring (bicyclic) bond motifs is 2. The predicted octanol–water partition coefficient (Wildman–Crippen LogP) is 1.62. The molecule has 0 radical (unpaired) electrons. The van der Waals surface area contributed by atoms with Crippen molar-refractivity contribution in [1.29, 1.82) is 0 Å². The van der Waals surface area contributed by atoms with Crippen molar-refractivity contribution in [2.75, 3.05) is 0 Å². The van der Waals surface area contributed by atoms with Gasteiger partial charge in [0.05, 0.1) is 12.1 Å². The van der Waals surface area contributed by atoms with Gasteiger partial charge in [-0.1, -0.05) is 18.6 Å². The first-order valence-electron chi connectivity index (χ1n) is 8.98. The van der Waals surface area contributed by atoms with Gasteiger partial charge >= 0.3 is 5.76 Å². The molecule has 3 aromatic rings. The molecule has 1 aromatic carbocycles. The van der Waals surface area contributed by atoms with Gasteiger partial charge in [-0.25, -0.2) is 4.79 Å². The summed E-state index contributed by atoms with van der Waals surface area (Å²) in [5.41, 5.74) is 1.23. The molecule has 0 saturated carbocycles. The summed E-state index contributed by atoms with van der Waals surface area (Å²) < 4.78 is 8.77. The van der Waals surface area contributed by atoms with Crippen LogP contribution in [-0.2, 0) is 30.8 Å². The number of aromatic nitrogens is 4. The van der Waals surface area contributed by atoms with Crippen LogP contribution in [0.4, 0.5) is 0 Å². The van der Waals surface area contributed by atoms with Crippen LogP contribution in [0.25, 0.3) is 11.1 Å². The molecule has 26 heavy (non-hydrogen) atoms. The lowest BCUT2D eigenvalue weighted by atomic mass is 10.2. The predicted molar refractivity (Wildman–Crippen MR) is 94.5 cm³/mol. The number of hydrogen-bond acceptors (Lipinski definition) is 5. The Morgan fingerprint density at radius 2 is 2.08 bits per heavy atom. The van der Waals surface area contributed by atoms with E-state index in [1.54, 1.807) is 6.07 Å². The molecule has 3 heterocycles. The molecule has 4 rings (SSSR count). The lowest BCUT2D eigenvalue weighted by Crippen LogP contribution is -2.27. The Balaban J connectivity index is 1.37. The van der Waals surface area contributed by atoms with E-state index in [0.29, 0.717) is 17.6 Å². The first-order valence-corrected chi connectivity index (χ1v) is 8.98. The molecule has 1 amide bonds. The van der Waals surface area contributed by atoms with Gasteiger partial charge in [0.1, 0.15) is 5.82 Å². The van der Waals surface area contributed by atoms with Crippen LogP contribution in [0.1, 0.15) is 37.3 Å². The second-order valence-corrected chi connectivity index (χ2v) is 6.51. The van der Waals surface area contributed by atoms with Crippen LogP contribution < -0.4 is 11.1 Å². The summed E-state index contributed by atoms with van der Waals surface area (Å²) in [6, 6.07) is 7.20. The van der Waals surface area contributed by atoms with Crippen molar-refractivity contribution in [2.24, 2.45) is 0 Å². The highest BCUT2D eigenvalue weighted by Crippen LogP contribution is 2.14. The van der Waals surface area contributed by atoms with Crippen LogP contribution in [0.3, 0.4) is 0 Å². The maximum absolute atomic E-state index is 12.2.